The van der Waals surface area contributed by atoms with E-state index in [-0.39, 0.29) is 55.5 Å². The average molecular weight is 868 g/mol. The maximum Gasteiger partial charge on any atom is 0.246 e. The number of nitrogens with zero attached hydrogens (tertiary/aromatic N) is 2. The molecule has 4 amide bonds. The zero-order valence-electron chi connectivity index (χ0n) is 36.4. The third-order valence-corrected chi connectivity index (χ3v) is 15.6. The number of aryl methyl sites for hydroxylation is 1. The lowest BCUT2D eigenvalue weighted by Gasteiger charge is -2.61. The van der Waals surface area contributed by atoms with Crippen molar-refractivity contribution in [3.63, 3.8) is 0 Å². The Kier molecular flexibility index (Phi) is 11.6. The van der Waals surface area contributed by atoms with Gasteiger partial charge in [-0.15, -0.1) is 11.3 Å². The summed E-state index contributed by atoms with van der Waals surface area (Å²) in [7, 11) is 0. The Bertz CT molecular complexity index is 2150. The van der Waals surface area contributed by atoms with Crippen LogP contribution in [0.4, 0.5) is 0 Å². The molecule has 5 aliphatic carbocycles. The van der Waals surface area contributed by atoms with Gasteiger partial charge in [0.2, 0.25) is 35.2 Å². The molecule has 7 aliphatic rings. The molecule has 3 heterocycles. The predicted octanol–water partition coefficient (Wildman–Crippen LogP) is 6.25. The Labute approximate surface area is 368 Å². The smallest absolute Gasteiger partial charge is 0.246 e. The zero-order valence-corrected chi connectivity index (χ0v) is 37.2. The van der Waals surface area contributed by atoms with E-state index >= 15 is 0 Å². The first-order chi connectivity index (χ1) is 29.6. The summed E-state index contributed by atoms with van der Waals surface area (Å²) < 4.78 is 6.82. The molecule has 10 rings (SSSR count). The average Bonchev–Trinajstić information content (AvgIpc) is 3.97. The standard InChI is InChI=1S/C48H61N5O8S/c1-29-40(62-28-51-29)34-14-12-32(13-15-34)25-49-42(56)38-21-37(54)27-53(38)43(57)41(45(2,3)4)52-39(55)20-30-8-10-31(11-9-30)26-50-44(58)46-22-33-18-35(23-46)48(36(19-33)24-46)59-47(60-61-48)16-6-5-7-17-47/h8-15,28,33,35-38,41,54H,5-7,16-27H2,1-4H3,(H,49,56)(H,50,58)(H,52,55). The first-order valence-corrected chi connectivity index (χ1v) is 23.5. The number of benzene rings is 2. The van der Waals surface area contributed by atoms with E-state index in [2.05, 4.69) is 20.9 Å². The number of hydrogen-bond donors (Lipinski definition) is 4. The number of thiazole rings is 1. The molecule has 5 atom stereocenters. The molecule has 2 aliphatic heterocycles. The maximum absolute atomic E-state index is 14.2. The monoisotopic (exact) mass is 867 g/mol. The van der Waals surface area contributed by atoms with E-state index in [1.54, 1.807) is 11.3 Å². The molecule has 13 nitrogen and oxygen atoms in total. The molecule has 332 valence electrons. The van der Waals surface area contributed by atoms with Gasteiger partial charge in [0.25, 0.3) is 0 Å². The Morgan fingerprint density at radius 3 is 2.16 bits per heavy atom. The number of β-amino-alcohol motifs (C(OH)–C–C–N with tert-alkyl or cyclic N) is 1. The van der Waals surface area contributed by atoms with Crippen molar-refractivity contribution < 1.29 is 38.8 Å². The van der Waals surface area contributed by atoms with Crippen molar-refractivity contribution in [2.75, 3.05) is 6.54 Å². The Morgan fingerprint density at radius 1 is 0.871 bits per heavy atom. The van der Waals surface area contributed by atoms with Crippen LogP contribution in [-0.4, -0.2) is 74.9 Å². The van der Waals surface area contributed by atoms with Crippen LogP contribution in [0.1, 0.15) is 114 Å². The van der Waals surface area contributed by atoms with Gasteiger partial charge in [-0.3, -0.25) is 19.2 Å². The first-order valence-electron chi connectivity index (χ1n) is 22.6. The fourth-order valence-corrected chi connectivity index (χ4v) is 12.4. The van der Waals surface area contributed by atoms with E-state index in [1.165, 1.54) is 11.3 Å². The van der Waals surface area contributed by atoms with Gasteiger partial charge in [-0.05, 0) is 85.5 Å². The Balaban J connectivity index is 0.772. The van der Waals surface area contributed by atoms with Gasteiger partial charge >= 0.3 is 0 Å². The summed E-state index contributed by atoms with van der Waals surface area (Å²) in [5.74, 6) is -1.58. The molecule has 2 saturated heterocycles. The summed E-state index contributed by atoms with van der Waals surface area (Å²) in [5.41, 5.74) is 5.35. The number of aliphatic hydroxyl groups excluding tert-OH is 1. The van der Waals surface area contributed by atoms with Crippen LogP contribution in [0.5, 0.6) is 0 Å². The molecule has 2 spiro atoms. The van der Waals surface area contributed by atoms with E-state index in [1.807, 2.05) is 81.7 Å². The second-order valence-electron chi connectivity index (χ2n) is 20.2. The number of amides is 4. The third kappa shape index (κ3) is 8.33. The van der Waals surface area contributed by atoms with Crippen LogP contribution in [0, 0.1) is 35.5 Å². The van der Waals surface area contributed by atoms with Gasteiger partial charge in [0.1, 0.15) is 12.1 Å². The number of carbonyl (C=O) groups is 4. The molecule has 2 aromatic carbocycles. The van der Waals surface area contributed by atoms with Crippen molar-refractivity contribution in [1.29, 1.82) is 0 Å². The highest BCUT2D eigenvalue weighted by molar-refractivity contribution is 7.13. The fourth-order valence-electron chi connectivity index (χ4n) is 11.6. The molecule has 62 heavy (non-hydrogen) atoms. The van der Waals surface area contributed by atoms with Crippen LogP contribution in [0.3, 0.4) is 0 Å². The zero-order chi connectivity index (χ0) is 43.4. The Hall–Kier alpha value is -4.21. The largest absolute Gasteiger partial charge is 0.391 e. The highest BCUT2D eigenvalue weighted by atomic mass is 32.1. The van der Waals surface area contributed by atoms with Crippen molar-refractivity contribution >= 4 is 35.0 Å². The topological polar surface area (TPSA) is 168 Å². The van der Waals surface area contributed by atoms with Crippen molar-refractivity contribution in [3.05, 3.63) is 76.4 Å². The third-order valence-electron chi connectivity index (χ3n) is 14.6. The molecule has 3 aromatic rings. The van der Waals surface area contributed by atoms with E-state index in [4.69, 9.17) is 14.5 Å². The van der Waals surface area contributed by atoms with Gasteiger partial charge in [-0.25, -0.2) is 4.98 Å². The summed E-state index contributed by atoms with van der Waals surface area (Å²) in [5, 5.41) is 19.8. The van der Waals surface area contributed by atoms with Crippen LogP contribution in [0.2, 0.25) is 0 Å². The highest BCUT2D eigenvalue weighted by Gasteiger charge is 2.71. The summed E-state index contributed by atoms with van der Waals surface area (Å²) in [4.78, 5) is 74.3. The number of carbonyl (C=O) groups excluding carboxylic acids is 4. The molecule has 1 aromatic heterocycles. The summed E-state index contributed by atoms with van der Waals surface area (Å²) >= 11 is 1.58. The van der Waals surface area contributed by atoms with E-state index in [9.17, 15) is 24.3 Å². The quantitative estimate of drug-likeness (QED) is 0.163. The van der Waals surface area contributed by atoms with Gasteiger partial charge in [0.15, 0.2) is 0 Å². The molecular weight excluding hydrogens is 807 g/mol. The summed E-state index contributed by atoms with van der Waals surface area (Å²) in [6.07, 6.45) is 8.79. The van der Waals surface area contributed by atoms with E-state index in [0.29, 0.717) is 12.5 Å². The number of likely N-dealkylation sites (tertiary alicyclic amines) is 1. The van der Waals surface area contributed by atoms with Crippen molar-refractivity contribution in [2.45, 2.75) is 148 Å². The van der Waals surface area contributed by atoms with Crippen LogP contribution >= 0.6 is 11.3 Å². The van der Waals surface area contributed by atoms with Gasteiger partial charge in [0.05, 0.1) is 34.0 Å². The highest BCUT2D eigenvalue weighted by Crippen LogP contribution is 2.67. The summed E-state index contributed by atoms with van der Waals surface area (Å²) in [6, 6.07) is 13.7. The van der Waals surface area contributed by atoms with Crippen LogP contribution in [-0.2, 0) is 53.2 Å². The first kappa shape index (κ1) is 43.1. The van der Waals surface area contributed by atoms with Gasteiger partial charge in [0, 0.05) is 50.7 Å². The van der Waals surface area contributed by atoms with E-state index < -0.39 is 46.5 Å². The number of aromatic nitrogens is 1. The number of rotatable bonds is 11. The van der Waals surface area contributed by atoms with Crippen molar-refractivity contribution in [2.24, 2.45) is 28.6 Å². The molecule has 4 N–H and O–H groups in total. The minimum atomic E-state index is -0.931. The molecule has 5 saturated carbocycles. The van der Waals surface area contributed by atoms with Crippen LogP contribution < -0.4 is 16.0 Å². The minimum Gasteiger partial charge on any atom is -0.391 e. The Morgan fingerprint density at radius 2 is 1.52 bits per heavy atom. The molecule has 5 unspecified atom stereocenters. The lowest BCUT2D eigenvalue weighted by molar-refractivity contribution is -0.393. The minimum absolute atomic E-state index is 0.00231. The maximum atomic E-state index is 14.2. The number of hydrogen-bond acceptors (Lipinski definition) is 10. The SMILES string of the molecule is Cc1ncsc1-c1ccc(CNC(=O)C2CC(O)CN2C(=O)C(NC(=O)Cc2ccc(CNC(=O)C34CC5CC(C3)C3(OOC6(CCCCC6)O3)C(C5)C4)cc2)C(C)(C)C)cc1. The molecular formula is C48H61N5O8S. The molecule has 7 fully saturated rings. The van der Waals surface area contributed by atoms with Gasteiger partial charge in [-0.1, -0.05) is 75.7 Å². The normalized spacial score (nSPS) is 30.1. The second-order valence-corrected chi connectivity index (χ2v) is 21.1. The van der Waals surface area contributed by atoms with Crippen LogP contribution in [0.15, 0.2) is 54.0 Å². The second kappa shape index (κ2) is 16.7. The lowest BCUT2D eigenvalue weighted by Crippen LogP contribution is -2.65. The van der Waals surface area contributed by atoms with Gasteiger partial charge < -0.3 is 30.7 Å². The lowest BCUT2D eigenvalue weighted by atomic mass is 9.47. The molecule has 4 bridgehead atoms. The number of ether oxygens (including phenoxy) is 1. The van der Waals surface area contributed by atoms with E-state index in [0.717, 1.165) is 90.6 Å². The number of aliphatic hydroxyl groups is 1. The molecule has 14 heteroatoms. The molecule has 0 radical (unpaired) electrons. The van der Waals surface area contributed by atoms with Crippen LogP contribution in [0.25, 0.3) is 10.4 Å². The van der Waals surface area contributed by atoms with Crippen molar-refractivity contribution in [1.82, 2.24) is 25.8 Å². The fraction of sp³-hybridized carbons (Fsp3) is 0.604. The number of nitrogens with one attached hydrogen (secondary N) is 3. The summed E-state index contributed by atoms with van der Waals surface area (Å²) in [6.45, 7) is 8.24. The van der Waals surface area contributed by atoms with Gasteiger partial charge in [-0.2, -0.15) is 9.78 Å². The predicted molar refractivity (Wildman–Crippen MR) is 231 cm³/mol. The van der Waals surface area contributed by atoms with Crippen molar-refractivity contribution in [3.8, 4) is 10.4 Å².